The van der Waals surface area contributed by atoms with Crippen molar-refractivity contribution in [3.63, 3.8) is 0 Å². The van der Waals surface area contributed by atoms with Gasteiger partial charge < -0.3 is 4.42 Å². The zero-order chi connectivity index (χ0) is 19.1. The van der Waals surface area contributed by atoms with Crippen LogP contribution in [0.25, 0.3) is 21.5 Å². The lowest BCUT2D eigenvalue weighted by molar-refractivity contribution is 0.0998. The number of anilines is 1. The summed E-state index contributed by atoms with van der Waals surface area (Å²) in [5.41, 5.74) is 2.71. The Kier molecular flexibility index (Phi) is 4.41. The number of aryl methyl sites for hydroxylation is 2. The van der Waals surface area contributed by atoms with Gasteiger partial charge in [0.05, 0.1) is 0 Å². The fourth-order valence-electron chi connectivity index (χ4n) is 2.75. The minimum Gasteiger partial charge on any atom is -0.451 e. The Labute approximate surface area is 162 Å². The maximum atomic E-state index is 14.0. The van der Waals surface area contributed by atoms with Crippen molar-refractivity contribution in [1.29, 1.82) is 0 Å². The van der Waals surface area contributed by atoms with E-state index < -0.39 is 11.7 Å². The first-order valence-corrected chi connectivity index (χ1v) is 9.22. The first-order chi connectivity index (χ1) is 12.9. The number of furan rings is 1. The van der Waals surface area contributed by atoms with Crippen LogP contribution in [0.15, 0.2) is 40.8 Å². The largest absolute Gasteiger partial charge is 0.451 e. The molecule has 2 aromatic carbocycles. The fourth-order valence-corrected chi connectivity index (χ4v) is 3.67. The van der Waals surface area contributed by atoms with Crippen LogP contribution in [-0.4, -0.2) is 16.1 Å². The van der Waals surface area contributed by atoms with Crippen molar-refractivity contribution in [3.05, 3.63) is 64.1 Å². The third-order valence-corrected chi connectivity index (χ3v) is 5.21. The van der Waals surface area contributed by atoms with E-state index in [0.29, 0.717) is 15.6 Å². The number of hydrogen-bond donors (Lipinski definition) is 1. The van der Waals surface area contributed by atoms with Crippen molar-refractivity contribution in [2.75, 3.05) is 5.32 Å². The lowest BCUT2D eigenvalue weighted by atomic mass is 10.1. The van der Waals surface area contributed by atoms with E-state index in [1.807, 2.05) is 32.0 Å². The smallest absolute Gasteiger partial charge is 0.293 e. The van der Waals surface area contributed by atoms with Crippen LogP contribution in [0.1, 0.15) is 21.7 Å². The van der Waals surface area contributed by atoms with Crippen molar-refractivity contribution in [1.82, 2.24) is 10.2 Å². The molecule has 0 radical (unpaired) electrons. The first kappa shape index (κ1) is 17.6. The highest BCUT2D eigenvalue weighted by Crippen LogP contribution is 2.31. The SMILES string of the molecule is Cc1ccc2c(C)c(C(=O)Nc3nnc(-c4ccc(Cl)cc4F)s3)oc2c1. The monoisotopic (exact) mass is 401 g/mol. The number of amides is 1. The van der Waals surface area contributed by atoms with Crippen LogP contribution in [0, 0.1) is 19.7 Å². The van der Waals surface area contributed by atoms with E-state index >= 15 is 0 Å². The van der Waals surface area contributed by atoms with Gasteiger partial charge in [-0.2, -0.15) is 0 Å². The van der Waals surface area contributed by atoms with Crippen LogP contribution in [0.5, 0.6) is 0 Å². The summed E-state index contributed by atoms with van der Waals surface area (Å²) < 4.78 is 19.7. The average molecular weight is 402 g/mol. The number of nitrogens with zero attached hydrogens (tertiary/aromatic N) is 2. The van der Waals surface area contributed by atoms with E-state index in [0.717, 1.165) is 27.8 Å². The quantitative estimate of drug-likeness (QED) is 0.484. The molecule has 0 aliphatic rings. The van der Waals surface area contributed by atoms with Gasteiger partial charge in [0.15, 0.2) is 10.8 Å². The lowest BCUT2D eigenvalue weighted by Crippen LogP contribution is -2.11. The molecule has 4 rings (SSSR count). The molecule has 8 heteroatoms. The maximum Gasteiger partial charge on any atom is 0.293 e. The maximum absolute atomic E-state index is 14.0. The molecule has 0 aliphatic carbocycles. The number of benzene rings is 2. The predicted octanol–water partition coefficient (Wildman–Crippen LogP) is 5.61. The third kappa shape index (κ3) is 3.31. The standard InChI is InChI=1S/C19H13ClFN3O2S/c1-9-3-5-12-10(2)16(26-15(12)7-9)17(25)22-19-24-23-18(27-19)13-6-4-11(20)8-14(13)21/h3-8H,1-2H3,(H,22,24,25). The molecule has 0 saturated carbocycles. The highest BCUT2D eigenvalue weighted by Gasteiger charge is 2.20. The van der Waals surface area contributed by atoms with Gasteiger partial charge in [-0.3, -0.25) is 10.1 Å². The molecule has 2 aromatic heterocycles. The number of hydrogen-bond acceptors (Lipinski definition) is 5. The summed E-state index contributed by atoms with van der Waals surface area (Å²) in [6.07, 6.45) is 0. The summed E-state index contributed by atoms with van der Waals surface area (Å²) in [7, 11) is 0. The van der Waals surface area contributed by atoms with Crippen LogP contribution in [0.2, 0.25) is 5.02 Å². The van der Waals surface area contributed by atoms with Crippen molar-refractivity contribution in [2.45, 2.75) is 13.8 Å². The molecule has 1 N–H and O–H groups in total. The molecular weight excluding hydrogens is 389 g/mol. The van der Waals surface area contributed by atoms with E-state index in [1.54, 1.807) is 6.07 Å². The van der Waals surface area contributed by atoms with Crippen molar-refractivity contribution in [3.8, 4) is 10.6 Å². The van der Waals surface area contributed by atoms with Crippen LogP contribution in [0.4, 0.5) is 9.52 Å². The molecule has 0 unspecified atom stereocenters. The number of rotatable bonds is 3. The second-order valence-corrected chi connectivity index (χ2v) is 7.46. The van der Waals surface area contributed by atoms with Gasteiger partial charge in [0.25, 0.3) is 5.91 Å². The Morgan fingerprint density at radius 2 is 2.00 bits per heavy atom. The zero-order valence-corrected chi connectivity index (χ0v) is 15.9. The van der Waals surface area contributed by atoms with Crippen molar-refractivity contribution < 1.29 is 13.6 Å². The summed E-state index contributed by atoms with van der Waals surface area (Å²) in [6, 6.07) is 10.1. The Morgan fingerprint density at radius 3 is 2.78 bits per heavy atom. The molecule has 1 amide bonds. The van der Waals surface area contributed by atoms with Gasteiger partial charge in [0.2, 0.25) is 5.13 Å². The van der Waals surface area contributed by atoms with Gasteiger partial charge >= 0.3 is 0 Å². The summed E-state index contributed by atoms with van der Waals surface area (Å²) in [4.78, 5) is 12.6. The Hall–Kier alpha value is -2.77. The Morgan fingerprint density at radius 1 is 1.19 bits per heavy atom. The highest BCUT2D eigenvalue weighted by molar-refractivity contribution is 7.18. The van der Waals surface area contributed by atoms with E-state index in [9.17, 15) is 9.18 Å². The van der Waals surface area contributed by atoms with Gasteiger partial charge in [-0.05, 0) is 43.7 Å². The molecule has 136 valence electrons. The summed E-state index contributed by atoms with van der Waals surface area (Å²) in [5, 5.41) is 12.3. The van der Waals surface area contributed by atoms with Crippen molar-refractivity contribution >= 4 is 44.9 Å². The number of nitrogens with one attached hydrogen (secondary N) is 1. The first-order valence-electron chi connectivity index (χ1n) is 8.02. The number of carbonyl (C=O) groups is 1. The van der Waals surface area contributed by atoms with E-state index in [4.69, 9.17) is 16.0 Å². The topological polar surface area (TPSA) is 68.0 Å². The molecule has 0 fully saturated rings. The van der Waals surface area contributed by atoms with Gasteiger partial charge in [0.1, 0.15) is 11.4 Å². The van der Waals surface area contributed by atoms with Gasteiger partial charge in [-0.25, -0.2) is 4.39 Å². The van der Waals surface area contributed by atoms with Crippen molar-refractivity contribution in [2.24, 2.45) is 0 Å². The molecule has 0 saturated heterocycles. The molecular formula is C19H13ClFN3O2S. The summed E-state index contributed by atoms with van der Waals surface area (Å²) in [5.74, 6) is -0.717. The molecule has 27 heavy (non-hydrogen) atoms. The summed E-state index contributed by atoms with van der Waals surface area (Å²) >= 11 is 6.83. The number of aromatic nitrogens is 2. The van der Waals surface area contributed by atoms with Crippen LogP contribution >= 0.6 is 22.9 Å². The van der Waals surface area contributed by atoms with Crippen LogP contribution in [0.3, 0.4) is 0 Å². The molecule has 4 aromatic rings. The highest BCUT2D eigenvalue weighted by atomic mass is 35.5. The third-order valence-electron chi connectivity index (χ3n) is 4.11. The fraction of sp³-hybridized carbons (Fsp3) is 0.105. The number of fused-ring (bicyclic) bond motifs is 1. The lowest BCUT2D eigenvalue weighted by Gasteiger charge is -1.99. The van der Waals surface area contributed by atoms with Crippen LogP contribution < -0.4 is 5.32 Å². The zero-order valence-electron chi connectivity index (χ0n) is 14.3. The van der Waals surface area contributed by atoms with Crippen LogP contribution in [-0.2, 0) is 0 Å². The molecule has 0 aliphatic heterocycles. The predicted molar refractivity (Wildman–Crippen MR) is 104 cm³/mol. The van der Waals surface area contributed by atoms with Gasteiger partial charge in [0, 0.05) is 21.5 Å². The van der Waals surface area contributed by atoms with Gasteiger partial charge in [-0.15, -0.1) is 10.2 Å². The Bertz CT molecular complexity index is 1190. The number of carbonyl (C=O) groups excluding carboxylic acids is 1. The molecule has 5 nitrogen and oxygen atoms in total. The second kappa shape index (κ2) is 6.75. The average Bonchev–Trinajstić information content (AvgIpc) is 3.19. The van der Waals surface area contributed by atoms with Gasteiger partial charge in [-0.1, -0.05) is 35.1 Å². The van der Waals surface area contributed by atoms with E-state index in [-0.39, 0.29) is 16.5 Å². The minimum absolute atomic E-state index is 0.213. The summed E-state index contributed by atoms with van der Waals surface area (Å²) in [6.45, 7) is 3.78. The molecule has 0 bridgehead atoms. The molecule has 0 atom stereocenters. The molecule has 2 heterocycles. The van der Waals surface area contributed by atoms with E-state index in [2.05, 4.69) is 15.5 Å². The molecule has 0 spiro atoms. The normalized spacial score (nSPS) is 11.1. The second-order valence-electron chi connectivity index (χ2n) is 6.05. The Balaban J connectivity index is 1.61. The minimum atomic E-state index is -0.500. The van der Waals surface area contributed by atoms with E-state index in [1.165, 1.54) is 12.1 Å². The number of halogens is 2.